The Balaban J connectivity index is 1.77. The predicted molar refractivity (Wildman–Crippen MR) is 116 cm³/mol. The summed E-state index contributed by atoms with van der Waals surface area (Å²) >= 11 is 0. The fourth-order valence-electron chi connectivity index (χ4n) is 3.47. The Morgan fingerprint density at radius 3 is 2.71 bits per heavy atom. The van der Waals surface area contributed by atoms with E-state index in [9.17, 15) is 0 Å². The van der Waals surface area contributed by atoms with E-state index in [1.807, 2.05) is 7.05 Å². The maximum Gasteiger partial charge on any atom is 0.191 e. The first-order valence-electron chi connectivity index (χ1n) is 10.5. The first-order chi connectivity index (χ1) is 13.6. The van der Waals surface area contributed by atoms with Crippen LogP contribution in [0.2, 0.25) is 0 Å². The molecule has 0 amide bonds. The topological polar surface area (TPSA) is 58.1 Å². The number of methoxy groups -OCH3 is 1. The first-order valence-corrected chi connectivity index (χ1v) is 10.5. The van der Waals surface area contributed by atoms with Crippen LogP contribution in [-0.2, 0) is 11.3 Å². The molecule has 28 heavy (non-hydrogen) atoms. The molecular weight excluding hydrogens is 352 g/mol. The van der Waals surface area contributed by atoms with Gasteiger partial charge in [0.1, 0.15) is 5.75 Å². The number of hydrogen-bond acceptors (Lipinski definition) is 4. The van der Waals surface area contributed by atoms with E-state index in [0.29, 0.717) is 19.8 Å². The molecule has 0 aliphatic carbocycles. The van der Waals surface area contributed by atoms with Crippen LogP contribution in [0.1, 0.15) is 36.8 Å². The van der Waals surface area contributed by atoms with Crippen molar-refractivity contribution in [3.63, 3.8) is 0 Å². The Labute approximate surface area is 170 Å². The highest BCUT2D eigenvalue weighted by atomic mass is 16.5. The van der Waals surface area contributed by atoms with Crippen LogP contribution in [-0.4, -0.2) is 64.9 Å². The molecule has 0 atom stereocenters. The van der Waals surface area contributed by atoms with Crippen LogP contribution in [0.3, 0.4) is 0 Å². The van der Waals surface area contributed by atoms with Crippen LogP contribution in [0.5, 0.6) is 5.75 Å². The quantitative estimate of drug-likeness (QED) is 0.365. The van der Waals surface area contributed by atoms with Gasteiger partial charge < -0.3 is 25.0 Å². The molecule has 0 spiro atoms. The van der Waals surface area contributed by atoms with Crippen molar-refractivity contribution in [3.05, 3.63) is 29.3 Å². The van der Waals surface area contributed by atoms with Gasteiger partial charge in [0.15, 0.2) is 5.96 Å². The second-order valence-corrected chi connectivity index (χ2v) is 7.69. The molecule has 1 aliphatic heterocycles. The lowest BCUT2D eigenvalue weighted by atomic mass is 9.94. The number of aliphatic imine (C=N–C) groups is 1. The van der Waals surface area contributed by atoms with Crippen molar-refractivity contribution in [2.45, 2.75) is 39.2 Å². The van der Waals surface area contributed by atoms with Gasteiger partial charge in [-0.2, -0.15) is 0 Å². The molecule has 0 bridgehead atoms. The van der Waals surface area contributed by atoms with Crippen molar-refractivity contribution in [3.8, 4) is 5.75 Å². The van der Waals surface area contributed by atoms with Crippen molar-refractivity contribution in [2.75, 3.05) is 54.1 Å². The molecule has 6 heteroatoms. The third-order valence-electron chi connectivity index (χ3n) is 5.33. The van der Waals surface area contributed by atoms with Crippen molar-refractivity contribution < 1.29 is 9.47 Å². The summed E-state index contributed by atoms with van der Waals surface area (Å²) in [7, 11) is 5.75. The lowest BCUT2D eigenvalue weighted by Crippen LogP contribution is -2.38. The molecule has 0 radical (unpaired) electrons. The van der Waals surface area contributed by atoms with E-state index in [1.54, 1.807) is 7.11 Å². The molecular formula is C22H38N4O2. The van der Waals surface area contributed by atoms with E-state index in [4.69, 9.17) is 9.47 Å². The van der Waals surface area contributed by atoms with Gasteiger partial charge >= 0.3 is 0 Å². The summed E-state index contributed by atoms with van der Waals surface area (Å²) in [5.41, 5.74) is 2.34. The smallest absolute Gasteiger partial charge is 0.191 e. The van der Waals surface area contributed by atoms with Crippen LogP contribution in [0.15, 0.2) is 23.2 Å². The molecule has 1 aromatic rings. The minimum absolute atomic E-state index is 0.661. The van der Waals surface area contributed by atoms with Crippen LogP contribution >= 0.6 is 0 Å². The SMILES string of the molecule is CN=C(NCCC1CCN(C)CC1)NCc1ccc(C)cc1OCCCOC. The largest absolute Gasteiger partial charge is 0.493 e. The Morgan fingerprint density at radius 2 is 2.00 bits per heavy atom. The van der Waals surface area contributed by atoms with Crippen LogP contribution in [0.25, 0.3) is 0 Å². The van der Waals surface area contributed by atoms with Crippen molar-refractivity contribution in [1.29, 1.82) is 0 Å². The van der Waals surface area contributed by atoms with E-state index in [1.165, 1.54) is 37.9 Å². The van der Waals surface area contributed by atoms with Gasteiger partial charge in [-0.15, -0.1) is 0 Å². The van der Waals surface area contributed by atoms with E-state index in [2.05, 4.69) is 52.7 Å². The summed E-state index contributed by atoms with van der Waals surface area (Å²) in [6.45, 7) is 7.55. The van der Waals surface area contributed by atoms with Gasteiger partial charge in [0.2, 0.25) is 0 Å². The van der Waals surface area contributed by atoms with Gasteiger partial charge in [-0.05, 0) is 63.9 Å². The second kappa shape index (κ2) is 12.6. The number of likely N-dealkylation sites (tertiary alicyclic amines) is 1. The van der Waals surface area contributed by atoms with E-state index in [0.717, 1.165) is 36.2 Å². The number of rotatable bonds is 10. The lowest BCUT2D eigenvalue weighted by Gasteiger charge is -2.29. The fourth-order valence-corrected chi connectivity index (χ4v) is 3.47. The summed E-state index contributed by atoms with van der Waals surface area (Å²) < 4.78 is 11.1. The molecule has 2 N–H and O–H groups in total. The van der Waals surface area contributed by atoms with E-state index < -0.39 is 0 Å². The van der Waals surface area contributed by atoms with Crippen LogP contribution < -0.4 is 15.4 Å². The number of hydrogen-bond donors (Lipinski definition) is 2. The molecule has 1 saturated heterocycles. The highest BCUT2D eigenvalue weighted by molar-refractivity contribution is 5.79. The van der Waals surface area contributed by atoms with Crippen molar-refractivity contribution in [2.24, 2.45) is 10.9 Å². The number of ether oxygens (including phenoxy) is 2. The van der Waals surface area contributed by atoms with E-state index in [-0.39, 0.29) is 0 Å². The maximum absolute atomic E-state index is 5.97. The molecule has 6 nitrogen and oxygen atoms in total. The van der Waals surface area contributed by atoms with Gasteiger partial charge in [0.05, 0.1) is 6.61 Å². The number of guanidine groups is 1. The summed E-state index contributed by atoms with van der Waals surface area (Å²) in [4.78, 5) is 6.78. The monoisotopic (exact) mass is 390 g/mol. The summed E-state index contributed by atoms with van der Waals surface area (Å²) in [6.07, 6.45) is 4.69. The second-order valence-electron chi connectivity index (χ2n) is 7.69. The van der Waals surface area contributed by atoms with Crippen LogP contribution in [0, 0.1) is 12.8 Å². The van der Waals surface area contributed by atoms with Gasteiger partial charge in [-0.1, -0.05) is 12.1 Å². The Bertz CT molecular complexity index is 598. The number of nitrogens with zero attached hydrogens (tertiary/aromatic N) is 2. The zero-order chi connectivity index (χ0) is 20.2. The maximum atomic E-state index is 5.97. The minimum atomic E-state index is 0.661. The number of benzene rings is 1. The normalized spacial score (nSPS) is 16.2. The predicted octanol–water partition coefficient (Wildman–Crippen LogP) is 2.81. The Kier molecular flexibility index (Phi) is 10.1. The molecule has 1 heterocycles. The van der Waals surface area contributed by atoms with Gasteiger partial charge in [-0.3, -0.25) is 4.99 Å². The molecule has 0 aromatic heterocycles. The highest BCUT2D eigenvalue weighted by Gasteiger charge is 2.16. The zero-order valence-electron chi connectivity index (χ0n) is 18.1. The lowest BCUT2D eigenvalue weighted by molar-refractivity contribution is 0.171. The summed E-state index contributed by atoms with van der Waals surface area (Å²) in [6, 6.07) is 6.34. The van der Waals surface area contributed by atoms with Gasteiger partial charge in [0, 0.05) is 45.8 Å². The average molecular weight is 391 g/mol. The molecule has 2 rings (SSSR count). The fraction of sp³-hybridized carbons (Fsp3) is 0.682. The molecule has 158 valence electrons. The third kappa shape index (κ3) is 8.07. The first kappa shape index (κ1) is 22.5. The van der Waals surface area contributed by atoms with Crippen molar-refractivity contribution >= 4 is 5.96 Å². The molecule has 1 fully saturated rings. The summed E-state index contributed by atoms with van der Waals surface area (Å²) in [5, 5.41) is 6.87. The van der Waals surface area contributed by atoms with Crippen LogP contribution in [0.4, 0.5) is 0 Å². The summed E-state index contributed by atoms with van der Waals surface area (Å²) in [5.74, 6) is 2.61. The van der Waals surface area contributed by atoms with E-state index >= 15 is 0 Å². The number of nitrogens with one attached hydrogen (secondary N) is 2. The molecule has 0 unspecified atom stereocenters. The highest BCUT2D eigenvalue weighted by Crippen LogP contribution is 2.21. The average Bonchev–Trinajstić information content (AvgIpc) is 2.70. The van der Waals surface area contributed by atoms with Gasteiger partial charge in [-0.25, -0.2) is 0 Å². The molecule has 0 saturated carbocycles. The van der Waals surface area contributed by atoms with Crippen molar-refractivity contribution in [1.82, 2.24) is 15.5 Å². The Morgan fingerprint density at radius 1 is 1.21 bits per heavy atom. The molecule has 1 aromatic carbocycles. The zero-order valence-corrected chi connectivity index (χ0v) is 18.1. The molecule has 1 aliphatic rings. The third-order valence-corrected chi connectivity index (χ3v) is 5.33. The number of aryl methyl sites for hydroxylation is 1. The standard InChI is InChI=1S/C22H38N4O2/c1-18-6-7-20(21(16-18)28-15-5-14-27-4)17-25-22(23-2)24-11-8-19-9-12-26(3)13-10-19/h6-7,16,19H,5,8-15,17H2,1-4H3,(H2,23,24,25). The minimum Gasteiger partial charge on any atom is -0.493 e. The van der Waals surface area contributed by atoms with Gasteiger partial charge in [0.25, 0.3) is 0 Å². The number of piperidine rings is 1. The Hall–Kier alpha value is -1.79.